The van der Waals surface area contributed by atoms with Crippen LogP contribution in [0.15, 0.2) is 53.6 Å². The van der Waals surface area contributed by atoms with Crippen molar-refractivity contribution in [2.45, 2.75) is 4.90 Å². The molecule has 9 nitrogen and oxygen atoms in total. The highest BCUT2D eigenvalue weighted by atomic mass is 32.2. The highest BCUT2D eigenvalue weighted by Gasteiger charge is 2.12. The second-order valence-corrected chi connectivity index (χ2v) is 8.45. The molecule has 30 heavy (non-hydrogen) atoms. The summed E-state index contributed by atoms with van der Waals surface area (Å²) in [6, 6.07) is 11.8. The smallest absolute Gasteiger partial charge is 0.238 e. The van der Waals surface area contributed by atoms with Gasteiger partial charge < -0.3 is 14.8 Å². The first-order chi connectivity index (χ1) is 14.5. The van der Waals surface area contributed by atoms with Gasteiger partial charge >= 0.3 is 0 Å². The lowest BCUT2D eigenvalue weighted by Crippen LogP contribution is -2.38. The van der Waals surface area contributed by atoms with Crippen LogP contribution < -0.4 is 15.2 Å². The number of hydrogen-bond acceptors (Lipinski definition) is 8. The fourth-order valence-corrected chi connectivity index (χ4v) is 3.69. The van der Waals surface area contributed by atoms with Gasteiger partial charge in [-0.3, -0.25) is 4.90 Å². The molecule has 3 aromatic rings. The Balaban J connectivity index is 1.47. The molecule has 0 amide bonds. The molecule has 4 rings (SSSR count). The van der Waals surface area contributed by atoms with Crippen molar-refractivity contribution in [3.05, 3.63) is 48.7 Å². The van der Waals surface area contributed by atoms with E-state index in [0.29, 0.717) is 29.5 Å². The fraction of sp³-hybridized carbons (Fsp3) is 0.300. The Morgan fingerprint density at radius 3 is 2.63 bits per heavy atom. The molecule has 0 bridgehead atoms. The highest BCUT2D eigenvalue weighted by molar-refractivity contribution is 7.89. The van der Waals surface area contributed by atoms with Gasteiger partial charge in [-0.15, -0.1) is 0 Å². The molecule has 0 spiro atoms. The normalized spacial score (nSPS) is 15.2. The van der Waals surface area contributed by atoms with Crippen molar-refractivity contribution in [2.24, 2.45) is 5.14 Å². The maximum Gasteiger partial charge on any atom is 0.238 e. The van der Waals surface area contributed by atoms with Crippen LogP contribution in [0.5, 0.6) is 5.75 Å². The molecular formula is C20H23N5O4S. The van der Waals surface area contributed by atoms with Crippen LogP contribution in [0.2, 0.25) is 0 Å². The van der Waals surface area contributed by atoms with Crippen molar-refractivity contribution in [1.29, 1.82) is 0 Å². The molecule has 0 atom stereocenters. The predicted molar refractivity (Wildman–Crippen MR) is 113 cm³/mol. The van der Waals surface area contributed by atoms with E-state index in [1.807, 2.05) is 18.2 Å². The van der Waals surface area contributed by atoms with Crippen LogP contribution in [0.4, 0.5) is 11.6 Å². The summed E-state index contributed by atoms with van der Waals surface area (Å²) in [5, 5.41) is 9.07. The molecular weight excluding hydrogens is 406 g/mol. The molecule has 1 aromatic heterocycles. The molecule has 1 saturated heterocycles. The number of sulfonamides is 1. The van der Waals surface area contributed by atoms with E-state index in [1.54, 1.807) is 18.3 Å². The van der Waals surface area contributed by atoms with E-state index >= 15 is 0 Å². The number of nitrogens with two attached hydrogens (primary N) is 1. The summed E-state index contributed by atoms with van der Waals surface area (Å²) in [5.41, 5.74) is 1.35. The Morgan fingerprint density at radius 2 is 1.90 bits per heavy atom. The van der Waals surface area contributed by atoms with Crippen molar-refractivity contribution in [3.8, 4) is 5.75 Å². The summed E-state index contributed by atoms with van der Waals surface area (Å²) >= 11 is 0. The van der Waals surface area contributed by atoms with Gasteiger partial charge in [0.05, 0.1) is 18.1 Å². The van der Waals surface area contributed by atoms with Crippen molar-refractivity contribution < 1.29 is 17.9 Å². The number of nitrogens with one attached hydrogen (secondary N) is 1. The quantitative estimate of drug-likeness (QED) is 0.583. The monoisotopic (exact) mass is 429 g/mol. The maximum absolute atomic E-state index is 11.4. The second kappa shape index (κ2) is 8.92. The first kappa shape index (κ1) is 20.5. The van der Waals surface area contributed by atoms with Gasteiger partial charge in [0, 0.05) is 36.9 Å². The molecule has 0 unspecified atom stereocenters. The van der Waals surface area contributed by atoms with E-state index in [-0.39, 0.29) is 4.90 Å². The summed E-state index contributed by atoms with van der Waals surface area (Å²) in [6.07, 6.45) is 1.72. The van der Waals surface area contributed by atoms with E-state index in [1.165, 1.54) is 12.1 Å². The van der Waals surface area contributed by atoms with Gasteiger partial charge in [-0.05, 0) is 30.3 Å². The van der Waals surface area contributed by atoms with E-state index in [0.717, 1.165) is 38.2 Å². The average Bonchev–Trinajstić information content (AvgIpc) is 2.74. The number of aromatic nitrogens is 2. The van der Waals surface area contributed by atoms with Crippen LogP contribution in [0, 0.1) is 0 Å². The zero-order chi connectivity index (χ0) is 21.0. The lowest BCUT2D eigenvalue weighted by atomic mass is 10.2. The molecule has 0 aliphatic carbocycles. The van der Waals surface area contributed by atoms with E-state index in [9.17, 15) is 8.42 Å². The summed E-state index contributed by atoms with van der Waals surface area (Å²) < 4.78 is 34.1. The molecule has 10 heteroatoms. The van der Waals surface area contributed by atoms with E-state index in [4.69, 9.17) is 14.6 Å². The Hall–Kier alpha value is -2.79. The fourth-order valence-electron chi connectivity index (χ4n) is 3.17. The van der Waals surface area contributed by atoms with Gasteiger partial charge in [0.15, 0.2) is 0 Å². The minimum atomic E-state index is -3.73. The largest absolute Gasteiger partial charge is 0.490 e. The van der Waals surface area contributed by atoms with Gasteiger partial charge in [0.1, 0.15) is 17.9 Å². The van der Waals surface area contributed by atoms with Crippen LogP contribution in [-0.2, 0) is 14.8 Å². The molecule has 2 aromatic carbocycles. The van der Waals surface area contributed by atoms with E-state index in [2.05, 4.69) is 20.2 Å². The molecule has 1 aliphatic heterocycles. The van der Waals surface area contributed by atoms with Crippen LogP contribution in [0.1, 0.15) is 0 Å². The molecule has 3 N–H and O–H groups in total. The number of hydrogen-bond donors (Lipinski definition) is 2. The third-order valence-corrected chi connectivity index (χ3v) is 5.71. The summed E-state index contributed by atoms with van der Waals surface area (Å²) in [4.78, 5) is 11.3. The van der Waals surface area contributed by atoms with Crippen LogP contribution >= 0.6 is 0 Å². The number of primary sulfonamides is 1. The number of morpholine rings is 1. The lowest BCUT2D eigenvalue weighted by Gasteiger charge is -2.26. The number of rotatable bonds is 7. The first-order valence-electron chi connectivity index (χ1n) is 9.58. The van der Waals surface area contributed by atoms with Gasteiger partial charge in [-0.2, -0.15) is 0 Å². The highest BCUT2D eigenvalue weighted by Crippen LogP contribution is 2.25. The minimum absolute atomic E-state index is 0.0448. The topological polar surface area (TPSA) is 120 Å². The van der Waals surface area contributed by atoms with E-state index < -0.39 is 10.0 Å². The number of nitrogens with zero attached hydrogens (tertiary/aromatic N) is 3. The third kappa shape index (κ3) is 5.03. The summed E-state index contributed by atoms with van der Waals surface area (Å²) in [7, 11) is -3.73. The number of ether oxygens (including phenoxy) is 2. The SMILES string of the molecule is NS(=O)(=O)c1ccc(Nc2ncc3cccc(OCCN4CCOCC4)c3n2)cc1. The third-order valence-electron chi connectivity index (χ3n) is 4.78. The lowest BCUT2D eigenvalue weighted by molar-refractivity contribution is 0.0323. The number of para-hydroxylation sites is 1. The van der Waals surface area contributed by atoms with Gasteiger partial charge in [0.25, 0.3) is 0 Å². The Bertz CT molecular complexity index is 1120. The second-order valence-electron chi connectivity index (χ2n) is 6.88. The van der Waals surface area contributed by atoms with Crippen molar-refractivity contribution >= 4 is 32.6 Å². The number of anilines is 2. The Kier molecular flexibility index (Phi) is 6.09. The van der Waals surface area contributed by atoms with Crippen molar-refractivity contribution in [3.63, 3.8) is 0 Å². The summed E-state index contributed by atoms with van der Waals surface area (Å²) in [5.74, 6) is 1.07. The van der Waals surface area contributed by atoms with Crippen LogP contribution in [-0.4, -0.2) is 62.7 Å². The number of fused-ring (bicyclic) bond motifs is 1. The van der Waals surface area contributed by atoms with Gasteiger partial charge in [-0.1, -0.05) is 12.1 Å². The standard InChI is InChI=1S/C20H23N5O4S/c21-30(26,27)17-6-4-16(5-7-17)23-20-22-14-15-2-1-3-18(19(15)24-20)29-13-10-25-8-11-28-12-9-25/h1-7,14H,8-13H2,(H2,21,26,27)(H,22,23,24). The molecule has 2 heterocycles. The predicted octanol–water partition coefficient (Wildman–Crippen LogP) is 1.73. The molecule has 1 aliphatic rings. The van der Waals surface area contributed by atoms with Crippen molar-refractivity contribution in [1.82, 2.24) is 14.9 Å². The zero-order valence-electron chi connectivity index (χ0n) is 16.3. The first-order valence-corrected chi connectivity index (χ1v) is 11.1. The Labute approximate surface area is 174 Å². The minimum Gasteiger partial charge on any atom is -0.490 e. The molecule has 0 radical (unpaired) electrons. The zero-order valence-corrected chi connectivity index (χ0v) is 17.1. The van der Waals surface area contributed by atoms with Gasteiger partial charge in [0.2, 0.25) is 16.0 Å². The van der Waals surface area contributed by atoms with Crippen LogP contribution in [0.25, 0.3) is 10.9 Å². The number of benzene rings is 2. The summed E-state index contributed by atoms with van der Waals surface area (Å²) in [6.45, 7) is 4.73. The molecule has 0 saturated carbocycles. The van der Waals surface area contributed by atoms with Crippen molar-refractivity contribution in [2.75, 3.05) is 44.8 Å². The van der Waals surface area contributed by atoms with Crippen LogP contribution in [0.3, 0.4) is 0 Å². The molecule has 1 fully saturated rings. The maximum atomic E-state index is 11.4. The Morgan fingerprint density at radius 1 is 1.13 bits per heavy atom. The average molecular weight is 430 g/mol. The molecule has 158 valence electrons. The van der Waals surface area contributed by atoms with Gasteiger partial charge in [-0.25, -0.2) is 23.5 Å².